The average molecular weight is 393 g/mol. The molecule has 6 nitrogen and oxygen atoms in total. The van der Waals surface area contributed by atoms with Crippen LogP contribution in [0, 0.1) is 0 Å². The molecule has 0 saturated heterocycles. The number of carboxylic acid groups (broad SMARTS) is 1. The Balaban J connectivity index is 1.87. The van der Waals surface area contributed by atoms with Crippen LogP contribution in [0.15, 0.2) is 42.6 Å². The molecule has 0 aliphatic rings. The van der Waals surface area contributed by atoms with Crippen molar-refractivity contribution in [2.24, 2.45) is 0 Å². The molecule has 0 aliphatic carbocycles. The summed E-state index contributed by atoms with van der Waals surface area (Å²) in [5.41, 5.74) is 2.77. The lowest BCUT2D eigenvalue weighted by Gasteiger charge is -2.12. The Morgan fingerprint density at radius 3 is 2.50 bits per heavy atom. The van der Waals surface area contributed by atoms with Gasteiger partial charge in [0.2, 0.25) is 0 Å². The van der Waals surface area contributed by atoms with Gasteiger partial charge in [0.15, 0.2) is 6.61 Å². The number of nitrogens with zero attached hydrogens (tertiary/aromatic N) is 1. The normalized spacial score (nSPS) is 10.7. The van der Waals surface area contributed by atoms with Crippen molar-refractivity contribution in [1.82, 2.24) is 10.2 Å². The second-order valence-corrected chi connectivity index (χ2v) is 6.35. The van der Waals surface area contributed by atoms with E-state index >= 15 is 0 Å². The van der Waals surface area contributed by atoms with Gasteiger partial charge in [0, 0.05) is 28.2 Å². The quantitative estimate of drug-likeness (QED) is 0.585. The first-order valence-electron chi connectivity index (χ1n) is 7.58. The zero-order valence-corrected chi connectivity index (χ0v) is 14.9. The van der Waals surface area contributed by atoms with Gasteiger partial charge >= 0.3 is 5.97 Å². The standard InChI is InChI=1S/C18H14Cl2N2O4/c19-14-7-11(26-9-18(24)25)8-15(20)12(14)5-10-1-2-17(23)13(6-10)16-3-4-21-22-16/h1-4,6-8,23H,5,9H2,(H,21,22)(H,24,25). The molecule has 0 fully saturated rings. The molecular formula is C18H14Cl2N2O4. The minimum absolute atomic E-state index is 0.121. The molecule has 2 aromatic carbocycles. The van der Waals surface area contributed by atoms with Crippen LogP contribution in [0.4, 0.5) is 0 Å². The lowest BCUT2D eigenvalue weighted by Crippen LogP contribution is -2.09. The van der Waals surface area contributed by atoms with Crippen molar-refractivity contribution in [2.75, 3.05) is 6.61 Å². The van der Waals surface area contributed by atoms with E-state index in [4.69, 9.17) is 33.0 Å². The van der Waals surface area contributed by atoms with Crippen LogP contribution in [0.1, 0.15) is 11.1 Å². The van der Waals surface area contributed by atoms with Gasteiger partial charge in [0.1, 0.15) is 11.5 Å². The van der Waals surface area contributed by atoms with Gasteiger partial charge in [0.05, 0.1) is 5.69 Å². The summed E-state index contributed by atoms with van der Waals surface area (Å²) >= 11 is 12.6. The maximum Gasteiger partial charge on any atom is 0.341 e. The van der Waals surface area contributed by atoms with E-state index in [2.05, 4.69) is 10.2 Å². The van der Waals surface area contributed by atoms with Crippen molar-refractivity contribution in [3.63, 3.8) is 0 Å². The van der Waals surface area contributed by atoms with Gasteiger partial charge in [0.25, 0.3) is 0 Å². The number of benzene rings is 2. The first kappa shape index (κ1) is 18.1. The van der Waals surface area contributed by atoms with Crippen LogP contribution in [0.2, 0.25) is 10.0 Å². The number of carbonyl (C=O) groups is 1. The van der Waals surface area contributed by atoms with E-state index in [1.807, 2.05) is 6.07 Å². The Morgan fingerprint density at radius 2 is 1.88 bits per heavy atom. The van der Waals surface area contributed by atoms with Crippen molar-refractivity contribution in [2.45, 2.75) is 6.42 Å². The summed E-state index contributed by atoms with van der Waals surface area (Å²) in [7, 11) is 0. The third-order valence-corrected chi connectivity index (χ3v) is 4.37. The van der Waals surface area contributed by atoms with Gasteiger partial charge in [-0.15, -0.1) is 0 Å². The number of H-pyrrole nitrogens is 1. The first-order valence-corrected chi connectivity index (χ1v) is 8.34. The fourth-order valence-corrected chi connectivity index (χ4v) is 3.09. The average Bonchev–Trinajstić information content (AvgIpc) is 3.12. The minimum Gasteiger partial charge on any atom is -0.507 e. The van der Waals surface area contributed by atoms with Gasteiger partial charge in [-0.05, 0) is 41.5 Å². The highest BCUT2D eigenvalue weighted by Crippen LogP contribution is 2.34. The largest absolute Gasteiger partial charge is 0.507 e. The summed E-state index contributed by atoms with van der Waals surface area (Å²) in [6.45, 7) is -0.475. The van der Waals surface area contributed by atoms with E-state index in [9.17, 15) is 9.90 Å². The molecule has 0 spiro atoms. The van der Waals surface area contributed by atoms with Crippen LogP contribution < -0.4 is 4.74 Å². The summed E-state index contributed by atoms with van der Waals surface area (Å²) in [6.07, 6.45) is 2.10. The number of ether oxygens (including phenoxy) is 1. The highest BCUT2D eigenvalue weighted by Gasteiger charge is 2.13. The number of aromatic amines is 1. The Bertz CT molecular complexity index is 919. The topological polar surface area (TPSA) is 95.4 Å². The molecule has 0 bridgehead atoms. The molecule has 0 radical (unpaired) electrons. The van der Waals surface area contributed by atoms with E-state index in [0.717, 1.165) is 5.56 Å². The van der Waals surface area contributed by atoms with E-state index in [0.29, 0.717) is 33.3 Å². The number of hydrogen-bond donors (Lipinski definition) is 3. The zero-order chi connectivity index (χ0) is 18.7. The monoisotopic (exact) mass is 392 g/mol. The Morgan fingerprint density at radius 1 is 1.15 bits per heavy atom. The van der Waals surface area contributed by atoms with Crippen molar-refractivity contribution in [3.05, 3.63) is 63.8 Å². The molecule has 1 aromatic heterocycles. The van der Waals surface area contributed by atoms with Gasteiger partial charge in [-0.1, -0.05) is 29.3 Å². The number of phenolic OH excluding ortho intramolecular Hbond substituents is 1. The minimum atomic E-state index is -1.09. The summed E-state index contributed by atoms with van der Waals surface area (Å²) in [6, 6.07) is 9.99. The number of nitrogens with one attached hydrogen (secondary N) is 1. The number of phenols is 1. The van der Waals surface area contributed by atoms with Crippen molar-refractivity contribution in [3.8, 4) is 22.8 Å². The lowest BCUT2D eigenvalue weighted by molar-refractivity contribution is -0.139. The van der Waals surface area contributed by atoms with E-state index in [1.54, 1.807) is 24.4 Å². The highest BCUT2D eigenvalue weighted by atomic mass is 35.5. The molecule has 0 aliphatic heterocycles. The van der Waals surface area contributed by atoms with E-state index < -0.39 is 12.6 Å². The van der Waals surface area contributed by atoms with Crippen molar-refractivity contribution < 1.29 is 19.7 Å². The van der Waals surface area contributed by atoms with E-state index in [-0.39, 0.29) is 11.5 Å². The number of carboxylic acids is 1. The predicted octanol–water partition coefficient (Wildman–Crippen LogP) is 4.14. The smallest absolute Gasteiger partial charge is 0.341 e. The van der Waals surface area contributed by atoms with Crippen LogP contribution in [0.3, 0.4) is 0 Å². The molecule has 0 amide bonds. The molecule has 1 heterocycles. The molecule has 3 N–H and O–H groups in total. The number of hydrogen-bond acceptors (Lipinski definition) is 4. The third kappa shape index (κ3) is 4.09. The van der Waals surface area contributed by atoms with Crippen LogP contribution in [0.5, 0.6) is 11.5 Å². The van der Waals surface area contributed by atoms with Gasteiger partial charge < -0.3 is 14.9 Å². The number of aliphatic carboxylic acids is 1. The molecule has 26 heavy (non-hydrogen) atoms. The highest BCUT2D eigenvalue weighted by molar-refractivity contribution is 6.36. The summed E-state index contributed by atoms with van der Waals surface area (Å²) < 4.78 is 5.10. The second-order valence-electron chi connectivity index (χ2n) is 5.54. The van der Waals surface area contributed by atoms with Gasteiger partial charge in [-0.2, -0.15) is 5.10 Å². The van der Waals surface area contributed by atoms with Crippen LogP contribution in [-0.2, 0) is 11.2 Å². The lowest BCUT2D eigenvalue weighted by atomic mass is 10.0. The summed E-state index contributed by atoms with van der Waals surface area (Å²) in [5, 5.41) is 26.2. The number of aromatic hydroxyl groups is 1. The second kappa shape index (κ2) is 7.68. The molecule has 0 unspecified atom stereocenters. The molecular weight excluding hydrogens is 379 g/mol. The van der Waals surface area contributed by atoms with Crippen LogP contribution in [0.25, 0.3) is 11.3 Å². The van der Waals surface area contributed by atoms with Crippen molar-refractivity contribution >= 4 is 29.2 Å². The molecule has 0 atom stereocenters. The third-order valence-electron chi connectivity index (χ3n) is 3.70. The molecule has 0 saturated carbocycles. The number of rotatable bonds is 6. The van der Waals surface area contributed by atoms with Gasteiger partial charge in [-0.3, -0.25) is 5.10 Å². The molecule has 8 heteroatoms. The molecule has 3 rings (SSSR count). The molecule has 3 aromatic rings. The maximum atomic E-state index is 10.6. The number of aromatic nitrogens is 2. The SMILES string of the molecule is O=C(O)COc1cc(Cl)c(Cc2ccc(O)c(-c3cc[nH]n3)c2)c(Cl)c1. The maximum absolute atomic E-state index is 10.6. The summed E-state index contributed by atoms with van der Waals surface area (Å²) in [5.74, 6) is -0.680. The first-order chi connectivity index (χ1) is 12.4. The summed E-state index contributed by atoms with van der Waals surface area (Å²) in [4.78, 5) is 10.6. The van der Waals surface area contributed by atoms with E-state index in [1.165, 1.54) is 12.1 Å². The number of halogens is 2. The van der Waals surface area contributed by atoms with Crippen LogP contribution >= 0.6 is 23.2 Å². The van der Waals surface area contributed by atoms with Crippen molar-refractivity contribution in [1.29, 1.82) is 0 Å². The fraction of sp³-hybridized carbons (Fsp3) is 0.111. The fourth-order valence-electron chi connectivity index (χ4n) is 2.49. The molecule has 134 valence electrons. The Labute approximate surface area is 159 Å². The van der Waals surface area contributed by atoms with Crippen LogP contribution in [-0.4, -0.2) is 33.0 Å². The predicted molar refractivity (Wildman–Crippen MR) is 98.1 cm³/mol. The zero-order valence-electron chi connectivity index (χ0n) is 13.4. The Hall–Kier alpha value is -2.70. The Kier molecular flexibility index (Phi) is 5.35. The van der Waals surface area contributed by atoms with Gasteiger partial charge in [-0.25, -0.2) is 4.79 Å².